The number of hydrogen-bond donors (Lipinski definition) is 0. The minimum atomic E-state index is 0.740. The molecule has 0 atom stereocenters. The van der Waals surface area contributed by atoms with Crippen molar-refractivity contribution in [2.45, 2.75) is 0 Å². The monoisotopic (exact) mass is 552 g/mol. The molecule has 43 heavy (non-hydrogen) atoms. The predicted octanol–water partition coefficient (Wildman–Crippen LogP) is 8.48. The Kier molecular flexibility index (Phi) is 4.33. The van der Waals surface area contributed by atoms with Crippen molar-refractivity contribution in [3.05, 3.63) is 122 Å². The first kappa shape index (κ1) is 22.6. The van der Waals surface area contributed by atoms with Crippen LogP contribution in [0.2, 0.25) is 0 Å². The Morgan fingerprint density at radius 3 is 1.44 bits per heavy atom. The van der Waals surface area contributed by atoms with E-state index in [0.717, 1.165) is 88.2 Å². The van der Waals surface area contributed by atoms with Crippen LogP contribution in [-0.2, 0) is 0 Å². The first-order valence-corrected chi connectivity index (χ1v) is 14.1. The largest absolute Gasteiger partial charge is 0.457 e. The van der Waals surface area contributed by atoms with Crippen LogP contribution in [0.4, 0.5) is 0 Å². The van der Waals surface area contributed by atoms with Crippen molar-refractivity contribution < 1.29 is 4.74 Å². The quantitative estimate of drug-likeness (QED) is 0.201. The van der Waals surface area contributed by atoms with Crippen molar-refractivity contribution in [3.63, 3.8) is 0 Å². The van der Waals surface area contributed by atoms with Crippen LogP contribution >= 0.6 is 0 Å². The van der Waals surface area contributed by atoms with Gasteiger partial charge in [0.1, 0.15) is 22.8 Å². The first-order chi connectivity index (χ1) is 21.3. The molecule has 0 aliphatic rings. The maximum absolute atomic E-state index is 6.57. The van der Waals surface area contributed by atoms with E-state index in [1.54, 1.807) is 0 Å². The van der Waals surface area contributed by atoms with Gasteiger partial charge in [-0.1, -0.05) is 24.3 Å². The van der Waals surface area contributed by atoms with Crippen molar-refractivity contribution in [1.82, 2.24) is 28.7 Å². The predicted molar refractivity (Wildman–Crippen MR) is 171 cm³/mol. The van der Waals surface area contributed by atoms with E-state index in [2.05, 4.69) is 67.3 Å². The Morgan fingerprint density at radius 1 is 0.442 bits per heavy atom. The van der Waals surface area contributed by atoms with Crippen molar-refractivity contribution in [3.8, 4) is 11.5 Å². The summed E-state index contributed by atoms with van der Waals surface area (Å²) in [6.45, 7) is 0. The average Bonchev–Trinajstić information content (AvgIpc) is 3.65. The highest BCUT2D eigenvalue weighted by molar-refractivity contribution is 6.15. The van der Waals surface area contributed by atoms with Crippen LogP contribution in [0, 0.1) is 0 Å². The van der Waals surface area contributed by atoms with E-state index in [1.165, 1.54) is 0 Å². The molecule has 0 unspecified atom stereocenters. The van der Waals surface area contributed by atoms with E-state index in [1.807, 2.05) is 73.3 Å². The fourth-order valence-electron chi connectivity index (χ4n) is 6.63. The van der Waals surface area contributed by atoms with Gasteiger partial charge in [0.05, 0.1) is 45.5 Å². The van der Waals surface area contributed by atoms with Crippen molar-refractivity contribution >= 4 is 76.7 Å². The molecule has 6 aromatic heterocycles. The van der Waals surface area contributed by atoms with Crippen LogP contribution in [0.3, 0.4) is 0 Å². The number of para-hydroxylation sites is 4. The lowest BCUT2D eigenvalue weighted by atomic mass is 10.1. The Hall–Kier alpha value is -6.08. The highest BCUT2D eigenvalue weighted by atomic mass is 16.5. The van der Waals surface area contributed by atoms with Gasteiger partial charge in [0.2, 0.25) is 0 Å². The van der Waals surface area contributed by atoms with Crippen molar-refractivity contribution in [1.29, 1.82) is 0 Å². The van der Waals surface area contributed by atoms with E-state index < -0.39 is 0 Å². The summed E-state index contributed by atoms with van der Waals surface area (Å²) in [6, 6.07) is 33.0. The average molecular weight is 553 g/mol. The van der Waals surface area contributed by atoms with Gasteiger partial charge >= 0.3 is 0 Å². The number of rotatable bonds is 2. The summed E-state index contributed by atoms with van der Waals surface area (Å²) in [5.41, 5.74) is 7.81. The molecule has 0 aliphatic carbocycles. The molecule has 0 spiro atoms. The third-order valence-corrected chi connectivity index (χ3v) is 8.48. The summed E-state index contributed by atoms with van der Waals surface area (Å²) in [6.07, 6.45) is 7.50. The van der Waals surface area contributed by atoms with Gasteiger partial charge in [-0.05, 0) is 83.6 Å². The summed E-state index contributed by atoms with van der Waals surface area (Å²) in [5, 5.41) is 6.50. The lowest BCUT2D eigenvalue weighted by Crippen LogP contribution is -1.94. The molecular formula is C36H20N6O. The van der Waals surface area contributed by atoms with Gasteiger partial charge in [-0.3, -0.25) is 18.8 Å². The van der Waals surface area contributed by atoms with E-state index in [0.29, 0.717) is 0 Å². The molecule has 7 nitrogen and oxygen atoms in total. The molecule has 4 aromatic carbocycles. The zero-order valence-electron chi connectivity index (χ0n) is 22.6. The van der Waals surface area contributed by atoms with Gasteiger partial charge in [-0.2, -0.15) is 0 Å². The number of hydrogen-bond acceptors (Lipinski definition) is 5. The van der Waals surface area contributed by atoms with E-state index in [4.69, 9.17) is 14.7 Å². The standard InChI is InChI=1S/C36H20N6O/c1-3-7-31-29(5-1)39-35-27-17-21(9-11-23(27)25-13-15-37-19-33(25)41(31)35)43-22-10-12-24-26-14-16-38-20-34(26)42-32-8-4-2-6-30(32)40-36(42)28(24)18-22/h1-20H. The van der Waals surface area contributed by atoms with E-state index in [-0.39, 0.29) is 0 Å². The third kappa shape index (κ3) is 3.08. The third-order valence-electron chi connectivity index (χ3n) is 8.48. The fourth-order valence-corrected chi connectivity index (χ4v) is 6.63. The lowest BCUT2D eigenvalue weighted by Gasteiger charge is -2.12. The molecule has 0 saturated carbocycles. The summed E-state index contributed by atoms with van der Waals surface area (Å²) >= 11 is 0. The van der Waals surface area contributed by atoms with Crippen LogP contribution in [0.1, 0.15) is 0 Å². The normalized spacial score (nSPS) is 12.2. The molecule has 6 heterocycles. The minimum Gasteiger partial charge on any atom is -0.457 e. The Bertz CT molecular complexity index is 2590. The van der Waals surface area contributed by atoms with Gasteiger partial charge in [0, 0.05) is 33.9 Å². The second-order valence-corrected chi connectivity index (χ2v) is 10.8. The molecule has 0 saturated heterocycles. The number of imidazole rings is 2. The number of aromatic nitrogens is 6. The first-order valence-electron chi connectivity index (χ1n) is 14.1. The lowest BCUT2D eigenvalue weighted by molar-refractivity contribution is 0.484. The molecule has 0 amide bonds. The van der Waals surface area contributed by atoms with Crippen LogP contribution in [-0.4, -0.2) is 28.7 Å². The minimum absolute atomic E-state index is 0.740. The molecular weight excluding hydrogens is 532 g/mol. The number of ether oxygens (including phenoxy) is 1. The number of fused-ring (bicyclic) bond motifs is 16. The molecule has 0 bridgehead atoms. The SMILES string of the molecule is c1ccc2c(c1)nc1c3cc(Oc4ccc5c6ccncc6n6c7ccccc7nc6c5c4)ccc3c3ccncc3n21. The van der Waals surface area contributed by atoms with Gasteiger partial charge in [0.15, 0.2) is 0 Å². The number of benzene rings is 4. The summed E-state index contributed by atoms with van der Waals surface area (Å²) in [5.74, 6) is 1.48. The van der Waals surface area contributed by atoms with Crippen LogP contribution in [0.25, 0.3) is 76.7 Å². The number of nitrogens with zero attached hydrogens (tertiary/aromatic N) is 6. The molecule has 0 radical (unpaired) electrons. The van der Waals surface area contributed by atoms with Gasteiger partial charge in [-0.15, -0.1) is 0 Å². The van der Waals surface area contributed by atoms with Gasteiger partial charge < -0.3 is 4.74 Å². The number of pyridine rings is 4. The Labute approximate surface area is 243 Å². The summed E-state index contributed by atoms with van der Waals surface area (Å²) < 4.78 is 11.0. The van der Waals surface area contributed by atoms with Crippen LogP contribution in [0.15, 0.2) is 122 Å². The molecule has 7 heteroatoms. The maximum Gasteiger partial charge on any atom is 0.146 e. The van der Waals surface area contributed by atoms with Gasteiger partial charge in [0.25, 0.3) is 0 Å². The summed E-state index contributed by atoms with van der Waals surface area (Å²) in [7, 11) is 0. The topological polar surface area (TPSA) is 69.6 Å². The molecule has 200 valence electrons. The highest BCUT2D eigenvalue weighted by Gasteiger charge is 2.17. The summed E-state index contributed by atoms with van der Waals surface area (Å²) in [4.78, 5) is 18.9. The van der Waals surface area contributed by atoms with Gasteiger partial charge in [-0.25, -0.2) is 9.97 Å². The van der Waals surface area contributed by atoms with Crippen LogP contribution in [0.5, 0.6) is 11.5 Å². The second kappa shape index (κ2) is 8.24. The molecule has 10 rings (SSSR count). The van der Waals surface area contributed by atoms with E-state index in [9.17, 15) is 0 Å². The Morgan fingerprint density at radius 2 is 0.930 bits per heavy atom. The van der Waals surface area contributed by atoms with Crippen LogP contribution < -0.4 is 4.74 Å². The molecule has 0 aliphatic heterocycles. The smallest absolute Gasteiger partial charge is 0.146 e. The zero-order valence-corrected chi connectivity index (χ0v) is 22.6. The zero-order chi connectivity index (χ0) is 28.1. The molecule has 0 N–H and O–H groups in total. The second-order valence-electron chi connectivity index (χ2n) is 10.8. The molecule has 0 fully saturated rings. The van der Waals surface area contributed by atoms with Crippen molar-refractivity contribution in [2.24, 2.45) is 0 Å². The van der Waals surface area contributed by atoms with Crippen molar-refractivity contribution in [2.75, 3.05) is 0 Å². The Balaban J connectivity index is 1.20. The molecule has 10 aromatic rings. The van der Waals surface area contributed by atoms with E-state index >= 15 is 0 Å². The highest BCUT2D eigenvalue weighted by Crippen LogP contribution is 2.37. The maximum atomic E-state index is 6.57. The fraction of sp³-hybridized carbons (Fsp3) is 0.